The van der Waals surface area contributed by atoms with Gasteiger partial charge in [-0.3, -0.25) is 14.2 Å². The van der Waals surface area contributed by atoms with E-state index < -0.39 is 11.4 Å². The number of aryl methyl sites for hydroxylation is 1. The number of Topliss-reactive ketones (excluding diaryl/α,β-unsaturated/α-hetero) is 1. The van der Waals surface area contributed by atoms with E-state index >= 15 is 0 Å². The molecule has 0 bridgehead atoms. The van der Waals surface area contributed by atoms with Crippen LogP contribution in [0.4, 0.5) is 0 Å². The number of pyridine rings is 2. The van der Waals surface area contributed by atoms with Crippen molar-refractivity contribution in [2.45, 2.75) is 38.8 Å². The third-order valence-corrected chi connectivity index (χ3v) is 6.12. The third kappa shape index (κ3) is 2.25. The normalized spacial score (nSPS) is 19.6. The maximum atomic E-state index is 13.2. The number of fused-ring (bicyclic) bond motifs is 5. The molecule has 0 aliphatic carbocycles. The maximum Gasteiger partial charge on any atom is 0.294 e. The molecule has 1 atom stereocenters. The summed E-state index contributed by atoms with van der Waals surface area (Å²) in [5.41, 5.74) is 1.99. The van der Waals surface area contributed by atoms with Crippen LogP contribution in [0.15, 0.2) is 29.1 Å². The summed E-state index contributed by atoms with van der Waals surface area (Å²) >= 11 is 0. The van der Waals surface area contributed by atoms with Gasteiger partial charge >= 0.3 is 0 Å². The van der Waals surface area contributed by atoms with Gasteiger partial charge in [-0.2, -0.15) is 0 Å². The average molecular weight is 392 g/mol. The van der Waals surface area contributed by atoms with Crippen LogP contribution in [0.25, 0.3) is 22.3 Å². The van der Waals surface area contributed by atoms with Crippen LogP contribution in [0.3, 0.4) is 0 Å². The maximum absolute atomic E-state index is 13.2. The summed E-state index contributed by atoms with van der Waals surface area (Å²) in [5, 5.41) is 21.7. The minimum absolute atomic E-state index is 0.0331. The molecule has 5 rings (SSSR count). The first-order valence-corrected chi connectivity index (χ1v) is 9.70. The second kappa shape index (κ2) is 5.90. The minimum atomic E-state index is -1.73. The number of rotatable bonds is 2. The summed E-state index contributed by atoms with van der Waals surface area (Å²) in [5.74, 6) is -0.256. The molecule has 0 saturated carbocycles. The van der Waals surface area contributed by atoms with Crippen LogP contribution in [-0.4, -0.2) is 32.2 Å². The van der Waals surface area contributed by atoms with Gasteiger partial charge in [0.2, 0.25) is 5.78 Å². The van der Waals surface area contributed by atoms with E-state index in [-0.39, 0.29) is 35.6 Å². The van der Waals surface area contributed by atoms with Gasteiger partial charge in [0.15, 0.2) is 18.0 Å². The Morgan fingerprint density at radius 1 is 1.24 bits per heavy atom. The number of ketones is 1. The first-order chi connectivity index (χ1) is 13.9. The van der Waals surface area contributed by atoms with Crippen molar-refractivity contribution in [3.05, 3.63) is 51.3 Å². The number of aromatic hydroxyl groups is 1. The standard InChI is InChI=1S/C22H20N2O5/c1-3-12-13-7-11(25)5-6-16(13)23-19-14(12)9-24-17(19)8-15-20(21(24)27)29-10-18(26)22(15,28)4-2/h5-8,25,28H,3-4,9-10H2,1-2H3. The number of carbonyl (C=O) groups excluding carboxylic acids is 1. The number of benzene rings is 1. The second-order valence-electron chi connectivity index (χ2n) is 7.56. The van der Waals surface area contributed by atoms with Gasteiger partial charge in [-0.05, 0) is 42.7 Å². The molecule has 4 heterocycles. The molecule has 0 spiro atoms. The summed E-state index contributed by atoms with van der Waals surface area (Å²) in [7, 11) is 0. The summed E-state index contributed by atoms with van der Waals surface area (Å²) in [6.45, 7) is 3.74. The van der Waals surface area contributed by atoms with E-state index in [9.17, 15) is 19.8 Å². The Kier molecular flexibility index (Phi) is 3.64. The van der Waals surface area contributed by atoms with Gasteiger partial charge in [-0.15, -0.1) is 0 Å². The van der Waals surface area contributed by atoms with Crippen LogP contribution in [0, 0.1) is 0 Å². The summed E-state index contributed by atoms with van der Waals surface area (Å²) in [6, 6.07) is 6.69. The van der Waals surface area contributed by atoms with Crippen LogP contribution in [0.1, 0.15) is 37.0 Å². The molecule has 0 fully saturated rings. The summed E-state index contributed by atoms with van der Waals surface area (Å²) in [6.07, 6.45) is 0.865. The largest absolute Gasteiger partial charge is 0.508 e. The minimum Gasteiger partial charge on any atom is -0.508 e. The van der Waals surface area contributed by atoms with Crippen LogP contribution >= 0.6 is 0 Å². The molecule has 2 N–H and O–H groups in total. The van der Waals surface area contributed by atoms with Crippen molar-refractivity contribution in [3.8, 4) is 22.9 Å². The zero-order chi connectivity index (χ0) is 20.5. The Balaban J connectivity index is 1.84. The molecule has 148 valence electrons. The molecule has 7 heteroatoms. The Morgan fingerprint density at radius 3 is 2.76 bits per heavy atom. The van der Waals surface area contributed by atoms with Crippen molar-refractivity contribution >= 4 is 16.7 Å². The van der Waals surface area contributed by atoms with Crippen molar-refractivity contribution < 1.29 is 19.7 Å². The molecule has 29 heavy (non-hydrogen) atoms. The van der Waals surface area contributed by atoms with E-state index in [1.54, 1.807) is 35.8 Å². The fourth-order valence-corrected chi connectivity index (χ4v) is 4.52. The van der Waals surface area contributed by atoms with Crippen molar-refractivity contribution in [1.82, 2.24) is 9.55 Å². The Morgan fingerprint density at radius 2 is 2.03 bits per heavy atom. The molecule has 1 unspecified atom stereocenters. The smallest absolute Gasteiger partial charge is 0.294 e. The van der Waals surface area contributed by atoms with Gasteiger partial charge in [0, 0.05) is 16.5 Å². The molecular weight excluding hydrogens is 372 g/mol. The van der Waals surface area contributed by atoms with E-state index in [0.29, 0.717) is 24.4 Å². The van der Waals surface area contributed by atoms with Crippen molar-refractivity contribution in [2.75, 3.05) is 6.61 Å². The van der Waals surface area contributed by atoms with E-state index in [4.69, 9.17) is 9.72 Å². The zero-order valence-electron chi connectivity index (χ0n) is 16.2. The fourth-order valence-electron chi connectivity index (χ4n) is 4.52. The van der Waals surface area contributed by atoms with E-state index in [1.807, 2.05) is 6.92 Å². The number of ether oxygens (including phenoxy) is 1. The molecule has 0 amide bonds. The highest BCUT2D eigenvalue weighted by molar-refractivity contribution is 5.93. The lowest BCUT2D eigenvalue weighted by Gasteiger charge is -2.32. The Labute approximate surface area is 166 Å². The summed E-state index contributed by atoms with van der Waals surface area (Å²) in [4.78, 5) is 30.3. The number of phenols is 1. The molecule has 0 radical (unpaired) electrons. The number of hydrogen-bond donors (Lipinski definition) is 2. The van der Waals surface area contributed by atoms with Gasteiger partial charge in [0.25, 0.3) is 5.56 Å². The van der Waals surface area contributed by atoms with E-state index in [1.165, 1.54) is 0 Å². The lowest BCUT2D eigenvalue weighted by molar-refractivity contribution is -0.143. The monoisotopic (exact) mass is 392 g/mol. The lowest BCUT2D eigenvalue weighted by atomic mass is 9.85. The van der Waals surface area contributed by atoms with Gasteiger partial charge in [0.1, 0.15) is 5.75 Å². The molecule has 2 aliphatic heterocycles. The van der Waals surface area contributed by atoms with Crippen LogP contribution < -0.4 is 10.3 Å². The van der Waals surface area contributed by atoms with Crippen LogP contribution in [-0.2, 0) is 23.4 Å². The number of nitrogens with zero attached hydrogens (tertiary/aromatic N) is 2. The van der Waals surface area contributed by atoms with Gasteiger partial charge in [0.05, 0.1) is 23.4 Å². The molecule has 2 aliphatic rings. The first-order valence-electron chi connectivity index (χ1n) is 9.70. The van der Waals surface area contributed by atoms with Crippen LogP contribution in [0.2, 0.25) is 0 Å². The molecular formula is C22H20N2O5. The predicted octanol–water partition coefficient (Wildman–Crippen LogP) is 2.25. The van der Waals surface area contributed by atoms with Gasteiger partial charge in [-0.25, -0.2) is 4.98 Å². The predicted molar refractivity (Wildman–Crippen MR) is 106 cm³/mol. The molecule has 1 aromatic carbocycles. The quantitative estimate of drug-likeness (QED) is 0.543. The lowest BCUT2D eigenvalue weighted by Crippen LogP contribution is -2.45. The SMILES string of the molecule is CCc1c2c(nc3ccc(O)cc13)-c1cc3c(c(=O)n1C2)OCC(=O)C3(O)CC. The molecule has 3 aromatic rings. The fraction of sp³-hybridized carbons (Fsp3) is 0.318. The average Bonchev–Trinajstić information content (AvgIpc) is 3.08. The van der Waals surface area contributed by atoms with Crippen molar-refractivity contribution in [3.63, 3.8) is 0 Å². The number of aliphatic hydroxyl groups is 1. The van der Waals surface area contributed by atoms with Crippen LogP contribution in [0.5, 0.6) is 11.5 Å². The van der Waals surface area contributed by atoms with Crippen molar-refractivity contribution in [2.24, 2.45) is 0 Å². The number of carbonyl (C=O) groups is 1. The van der Waals surface area contributed by atoms with E-state index in [0.717, 1.165) is 22.0 Å². The highest BCUT2D eigenvalue weighted by Gasteiger charge is 2.44. The second-order valence-corrected chi connectivity index (χ2v) is 7.56. The highest BCUT2D eigenvalue weighted by Crippen LogP contribution is 2.42. The first kappa shape index (κ1) is 17.9. The topological polar surface area (TPSA) is 102 Å². The van der Waals surface area contributed by atoms with Gasteiger partial charge in [-0.1, -0.05) is 13.8 Å². The number of hydrogen-bond acceptors (Lipinski definition) is 6. The number of aromatic nitrogens is 2. The number of phenolic OH excluding ortho intramolecular Hbond substituents is 1. The Hall–Kier alpha value is -3.19. The molecule has 7 nitrogen and oxygen atoms in total. The van der Waals surface area contributed by atoms with E-state index in [2.05, 4.69) is 0 Å². The molecule has 2 aromatic heterocycles. The highest BCUT2D eigenvalue weighted by atomic mass is 16.5. The zero-order valence-corrected chi connectivity index (χ0v) is 16.2. The molecule has 0 saturated heterocycles. The summed E-state index contributed by atoms with van der Waals surface area (Å²) < 4.78 is 7.02. The Bertz CT molecular complexity index is 1280. The third-order valence-electron chi connectivity index (χ3n) is 6.12. The van der Waals surface area contributed by atoms with Crippen molar-refractivity contribution in [1.29, 1.82) is 0 Å². The van der Waals surface area contributed by atoms with Gasteiger partial charge < -0.3 is 14.9 Å².